The molecule has 0 saturated heterocycles. The molecular formula is C16H20N2O2S. The zero-order valence-electron chi connectivity index (χ0n) is 12.0. The first-order valence-corrected chi connectivity index (χ1v) is 7.91. The number of rotatable bonds is 7. The van der Waals surface area contributed by atoms with Crippen molar-refractivity contribution in [1.29, 1.82) is 0 Å². The molecule has 1 atom stereocenters. The van der Waals surface area contributed by atoms with Crippen molar-refractivity contribution in [1.82, 2.24) is 5.32 Å². The number of aliphatic hydroxyl groups is 1. The van der Waals surface area contributed by atoms with E-state index in [0.29, 0.717) is 11.6 Å². The fraction of sp³-hybridized carbons (Fsp3) is 0.312. The fourth-order valence-electron chi connectivity index (χ4n) is 2.05. The average Bonchev–Trinajstić information content (AvgIpc) is 3.05. The molecule has 3 N–H and O–H groups in total. The number of carbonyl (C=O) groups excluding carboxylic acids is 1. The normalized spacial score (nSPS) is 11.9. The first kappa shape index (κ1) is 15.5. The molecule has 5 heteroatoms. The van der Waals surface area contributed by atoms with Gasteiger partial charge in [-0.05, 0) is 42.1 Å². The van der Waals surface area contributed by atoms with Crippen molar-refractivity contribution in [2.75, 3.05) is 18.5 Å². The first-order valence-electron chi connectivity index (χ1n) is 7.03. The van der Waals surface area contributed by atoms with Crippen LogP contribution < -0.4 is 10.6 Å². The molecule has 0 saturated carbocycles. The van der Waals surface area contributed by atoms with Crippen molar-refractivity contribution in [2.24, 2.45) is 0 Å². The van der Waals surface area contributed by atoms with E-state index in [1.165, 1.54) is 4.88 Å². The van der Waals surface area contributed by atoms with E-state index in [-0.39, 0.29) is 19.1 Å². The Kier molecular flexibility index (Phi) is 5.78. The highest BCUT2D eigenvalue weighted by Gasteiger charge is 2.10. The maximum absolute atomic E-state index is 11.7. The molecule has 2 rings (SSSR count). The van der Waals surface area contributed by atoms with Crippen LogP contribution >= 0.6 is 11.3 Å². The van der Waals surface area contributed by atoms with Gasteiger partial charge in [0.05, 0.1) is 12.6 Å². The van der Waals surface area contributed by atoms with Gasteiger partial charge in [-0.1, -0.05) is 13.0 Å². The van der Waals surface area contributed by atoms with E-state index in [2.05, 4.69) is 35.1 Å². The van der Waals surface area contributed by atoms with Gasteiger partial charge in [0.2, 0.25) is 0 Å². The Morgan fingerprint density at radius 1 is 1.29 bits per heavy atom. The van der Waals surface area contributed by atoms with Gasteiger partial charge in [0.1, 0.15) is 0 Å². The minimum atomic E-state index is -0.166. The molecule has 1 aromatic heterocycles. The van der Waals surface area contributed by atoms with Crippen LogP contribution in [0.3, 0.4) is 0 Å². The molecular weight excluding hydrogens is 284 g/mol. The summed E-state index contributed by atoms with van der Waals surface area (Å²) in [7, 11) is 0. The number of thiophene rings is 1. The van der Waals surface area contributed by atoms with Crippen LogP contribution in [0.15, 0.2) is 41.8 Å². The van der Waals surface area contributed by atoms with Gasteiger partial charge in [-0.2, -0.15) is 0 Å². The Hall–Kier alpha value is -1.85. The predicted octanol–water partition coefficient (Wildman–Crippen LogP) is 3.03. The highest BCUT2D eigenvalue weighted by Crippen LogP contribution is 2.26. The molecule has 0 fully saturated rings. The summed E-state index contributed by atoms with van der Waals surface area (Å²) in [6.07, 6.45) is 0.999. The van der Waals surface area contributed by atoms with Crippen LogP contribution in [0, 0.1) is 0 Å². The standard InChI is InChI=1S/C16H20N2O2S/c1-2-14(15-4-3-11-21-15)18-13-7-5-12(6-8-13)16(20)17-9-10-19/h3-8,11,14,18-19H,2,9-10H2,1H3,(H,17,20). The van der Waals surface area contributed by atoms with Gasteiger partial charge in [-0.3, -0.25) is 4.79 Å². The monoisotopic (exact) mass is 304 g/mol. The molecule has 1 aromatic carbocycles. The molecule has 0 radical (unpaired) electrons. The van der Waals surface area contributed by atoms with Crippen LogP contribution in [0.25, 0.3) is 0 Å². The minimum Gasteiger partial charge on any atom is -0.395 e. The lowest BCUT2D eigenvalue weighted by molar-refractivity contribution is 0.0945. The fourth-order valence-corrected chi connectivity index (χ4v) is 2.92. The van der Waals surface area contributed by atoms with Gasteiger partial charge in [0, 0.05) is 22.7 Å². The quantitative estimate of drug-likeness (QED) is 0.737. The third kappa shape index (κ3) is 4.31. The zero-order chi connectivity index (χ0) is 15.1. The Balaban J connectivity index is 2.00. The van der Waals surface area contributed by atoms with Crippen LogP contribution in [0.4, 0.5) is 5.69 Å². The number of hydrogen-bond donors (Lipinski definition) is 3. The molecule has 1 heterocycles. The second-order valence-electron chi connectivity index (χ2n) is 4.68. The van der Waals surface area contributed by atoms with Crippen molar-refractivity contribution in [3.63, 3.8) is 0 Å². The maximum atomic E-state index is 11.7. The van der Waals surface area contributed by atoms with E-state index in [9.17, 15) is 4.79 Å². The lowest BCUT2D eigenvalue weighted by atomic mass is 10.1. The van der Waals surface area contributed by atoms with E-state index in [4.69, 9.17) is 5.11 Å². The van der Waals surface area contributed by atoms with Gasteiger partial charge in [0.15, 0.2) is 0 Å². The Morgan fingerprint density at radius 3 is 2.62 bits per heavy atom. The zero-order valence-corrected chi connectivity index (χ0v) is 12.8. The number of benzene rings is 1. The Bertz CT molecular complexity index is 552. The SMILES string of the molecule is CCC(Nc1ccc(C(=O)NCCO)cc1)c1cccs1. The molecule has 2 aromatic rings. The van der Waals surface area contributed by atoms with E-state index in [1.807, 2.05) is 12.1 Å². The largest absolute Gasteiger partial charge is 0.395 e. The summed E-state index contributed by atoms with van der Waals surface area (Å²) in [5.41, 5.74) is 1.59. The van der Waals surface area contributed by atoms with Crippen molar-refractivity contribution in [3.05, 3.63) is 52.2 Å². The minimum absolute atomic E-state index is 0.0512. The number of hydrogen-bond acceptors (Lipinski definition) is 4. The first-order chi connectivity index (χ1) is 10.2. The number of nitrogens with one attached hydrogen (secondary N) is 2. The van der Waals surface area contributed by atoms with E-state index >= 15 is 0 Å². The molecule has 0 aliphatic heterocycles. The molecule has 0 aliphatic rings. The molecule has 0 spiro atoms. The second-order valence-corrected chi connectivity index (χ2v) is 5.66. The summed E-state index contributed by atoms with van der Waals surface area (Å²) in [4.78, 5) is 13.0. The molecule has 1 amide bonds. The molecule has 0 bridgehead atoms. The van der Waals surface area contributed by atoms with Crippen LogP contribution in [-0.2, 0) is 0 Å². The van der Waals surface area contributed by atoms with Gasteiger partial charge >= 0.3 is 0 Å². The lowest BCUT2D eigenvalue weighted by Crippen LogP contribution is -2.26. The lowest BCUT2D eigenvalue weighted by Gasteiger charge is -2.17. The molecule has 4 nitrogen and oxygen atoms in total. The number of aliphatic hydroxyl groups excluding tert-OH is 1. The second kappa shape index (κ2) is 7.81. The van der Waals surface area contributed by atoms with Gasteiger partial charge < -0.3 is 15.7 Å². The van der Waals surface area contributed by atoms with E-state index in [0.717, 1.165) is 12.1 Å². The average molecular weight is 304 g/mol. The van der Waals surface area contributed by atoms with Crippen LogP contribution in [0.5, 0.6) is 0 Å². The van der Waals surface area contributed by atoms with Crippen molar-refractivity contribution < 1.29 is 9.90 Å². The number of amides is 1. The summed E-state index contributed by atoms with van der Waals surface area (Å²) in [5, 5.41) is 16.9. The summed E-state index contributed by atoms with van der Waals surface area (Å²) >= 11 is 1.74. The predicted molar refractivity (Wildman–Crippen MR) is 86.8 cm³/mol. The smallest absolute Gasteiger partial charge is 0.251 e. The van der Waals surface area contributed by atoms with Gasteiger partial charge in [-0.15, -0.1) is 11.3 Å². The molecule has 1 unspecified atom stereocenters. The van der Waals surface area contributed by atoms with Crippen molar-refractivity contribution >= 4 is 22.9 Å². The maximum Gasteiger partial charge on any atom is 0.251 e. The van der Waals surface area contributed by atoms with Crippen molar-refractivity contribution in [2.45, 2.75) is 19.4 Å². The molecule has 0 aliphatic carbocycles. The molecule has 112 valence electrons. The molecule has 21 heavy (non-hydrogen) atoms. The van der Waals surface area contributed by atoms with Gasteiger partial charge in [-0.25, -0.2) is 0 Å². The highest BCUT2D eigenvalue weighted by molar-refractivity contribution is 7.10. The van der Waals surface area contributed by atoms with E-state index < -0.39 is 0 Å². The number of anilines is 1. The third-order valence-corrected chi connectivity index (χ3v) is 4.17. The van der Waals surface area contributed by atoms with Gasteiger partial charge in [0.25, 0.3) is 5.91 Å². The van der Waals surface area contributed by atoms with Crippen molar-refractivity contribution in [3.8, 4) is 0 Å². The Morgan fingerprint density at radius 2 is 2.05 bits per heavy atom. The van der Waals surface area contributed by atoms with Crippen LogP contribution in [0.1, 0.15) is 34.6 Å². The van der Waals surface area contributed by atoms with Crippen LogP contribution in [0.2, 0.25) is 0 Å². The summed E-state index contributed by atoms with van der Waals surface area (Å²) in [6.45, 7) is 2.37. The summed E-state index contributed by atoms with van der Waals surface area (Å²) in [6, 6.07) is 11.9. The third-order valence-electron chi connectivity index (χ3n) is 3.18. The Labute approximate surface area is 128 Å². The van der Waals surface area contributed by atoms with E-state index in [1.54, 1.807) is 23.5 Å². The number of carbonyl (C=O) groups is 1. The highest BCUT2D eigenvalue weighted by atomic mass is 32.1. The summed E-state index contributed by atoms with van der Waals surface area (Å²) < 4.78 is 0. The van der Waals surface area contributed by atoms with Crippen LogP contribution in [-0.4, -0.2) is 24.2 Å². The topological polar surface area (TPSA) is 61.4 Å². The summed E-state index contributed by atoms with van der Waals surface area (Å²) in [5.74, 6) is -0.166.